The van der Waals surface area contributed by atoms with Gasteiger partial charge in [0.1, 0.15) is 21.2 Å². The summed E-state index contributed by atoms with van der Waals surface area (Å²) in [5.41, 5.74) is 0.336. The molecule has 1 aliphatic heterocycles. The van der Waals surface area contributed by atoms with Gasteiger partial charge in [0.25, 0.3) is 5.91 Å². The summed E-state index contributed by atoms with van der Waals surface area (Å²) in [6, 6.07) is 0. The zero-order valence-electron chi connectivity index (χ0n) is 13.4. The number of carbonyl (C=O) groups excluding carboxylic acids is 2. The van der Waals surface area contributed by atoms with E-state index in [1.54, 1.807) is 27.7 Å². The van der Waals surface area contributed by atoms with Gasteiger partial charge in [-0.3, -0.25) is 4.79 Å². The Kier molecular flexibility index (Phi) is 5.10. The lowest BCUT2D eigenvalue weighted by Crippen LogP contribution is -2.21. The van der Waals surface area contributed by atoms with Crippen LogP contribution < -0.4 is 0 Å². The fraction of sp³-hybridized carbons (Fsp3) is 0.429. The quantitative estimate of drug-likeness (QED) is 0.590. The van der Waals surface area contributed by atoms with E-state index in [9.17, 15) is 9.59 Å². The fourth-order valence-electron chi connectivity index (χ4n) is 1.55. The molecule has 122 valence electrons. The fourth-order valence-corrected chi connectivity index (χ4v) is 3.07. The molecule has 0 saturated carbocycles. The minimum atomic E-state index is -0.802. The highest BCUT2D eigenvalue weighted by Gasteiger charge is 2.26. The highest BCUT2D eigenvalue weighted by atomic mass is 32.2. The van der Waals surface area contributed by atoms with E-state index < -0.39 is 17.6 Å². The number of aromatic nitrogens is 1. The lowest BCUT2D eigenvalue weighted by atomic mass is 10.2. The van der Waals surface area contributed by atoms with Crippen molar-refractivity contribution in [2.75, 3.05) is 0 Å². The maximum atomic E-state index is 12.0. The summed E-state index contributed by atoms with van der Waals surface area (Å²) < 4.78 is 5.02. The van der Waals surface area contributed by atoms with Crippen LogP contribution in [0.15, 0.2) is 31.2 Å². The first-order chi connectivity index (χ1) is 10.7. The van der Waals surface area contributed by atoms with Crippen LogP contribution in [0.5, 0.6) is 0 Å². The topological polar surface area (TPSA) is 93.3 Å². The predicted molar refractivity (Wildman–Crippen MR) is 89.8 cm³/mol. The van der Waals surface area contributed by atoms with Gasteiger partial charge >= 0.3 is 6.09 Å². The van der Waals surface area contributed by atoms with Crippen LogP contribution in [0.2, 0.25) is 0 Å². The van der Waals surface area contributed by atoms with E-state index in [-0.39, 0.29) is 0 Å². The zero-order chi connectivity index (χ0) is 17.2. The molecule has 0 spiro atoms. The Labute approximate surface area is 142 Å². The van der Waals surface area contributed by atoms with Crippen molar-refractivity contribution in [3.05, 3.63) is 26.7 Å². The van der Waals surface area contributed by atoms with Gasteiger partial charge in [0.15, 0.2) is 0 Å². The predicted octanol–water partition coefficient (Wildman–Crippen LogP) is 4.09. The first-order valence-corrected chi connectivity index (χ1v) is 8.44. The normalized spacial score (nSPS) is 17.6. The van der Waals surface area contributed by atoms with Gasteiger partial charge in [0, 0.05) is 5.38 Å². The van der Waals surface area contributed by atoms with E-state index in [0.29, 0.717) is 21.3 Å². The second-order valence-electron chi connectivity index (χ2n) is 5.67. The highest BCUT2D eigenvalue weighted by molar-refractivity contribution is 8.19. The maximum absolute atomic E-state index is 12.0. The number of allylic oxidation sites excluding steroid dienone is 1. The molecule has 0 bridgehead atoms. The largest absolute Gasteiger partial charge is 0.452 e. The van der Waals surface area contributed by atoms with Crippen molar-refractivity contribution in [2.24, 2.45) is 15.2 Å². The van der Waals surface area contributed by atoms with Gasteiger partial charge in [-0.15, -0.1) is 16.5 Å². The van der Waals surface area contributed by atoms with Crippen molar-refractivity contribution < 1.29 is 14.3 Å². The summed E-state index contributed by atoms with van der Waals surface area (Å²) in [4.78, 5) is 32.1. The SMILES string of the molecule is C/C(N=NC(=O)OC(C)(C)C)=C1/SC(c2csc(C)n2)=NC1=O. The average Bonchev–Trinajstić information content (AvgIpc) is 3.00. The van der Waals surface area contributed by atoms with Crippen molar-refractivity contribution in [3.63, 3.8) is 0 Å². The number of nitrogens with zero attached hydrogens (tertiary/aromatic N) is 4. The van der Waals surface area contributed by atoms with Crippen LogP contribution in [-0.4, -0.2) is 27.6 Å². The number of hydrogen-bond acceptors (Lipinski definition) is 7. The van der Waals surface area contributed by atoms with Gasteiger partial charge in [-0.2, -0.15) is 4.99 Å². The molecule has 1 aromatic heterocycles. The molecule has 1 aliphatic rings. The molecule has 0 aromatic carbocycles. The third-order valence-electron chi connectivity index (χ3n) is 2.44. The van der Waals surface area contributed by atoms with Crippen LogP contribution >= 0.6 is 23.1 Å². The number of carbonyl (C=O) groups is 2. The Morgan fingerprint density at radius 1 is 1.30 bits per heavy atom. The number of thioether (sulfide) groups is 1. The summed E-state index contributed by atoms with van der Waals surface area (Å²) in [6.07, 6.45) is -0.802. The third kappa shape index (κ3) is 4.80. The van der Waals surface area contributed by atoms with Crippen molar-refractivity contribution in [1.29, 1.82) is 0 Å². The van der Waals surface area contributed by atoms with Gasteiger partial charge in [-0.05, 0) is 34.6 Å². The Morgan fingerprint density at radius 2 is 2.00 bits per heavy atom. The van der Waals surface area contributed by atoms with Crippen molar-refractivity contribution >= 4 is 40.1 Å². The van der Waals surface area contributed by atoms with Gasteiger partial charge < -0.3 is 4.74 Å². The molecule has 23 heavy (non-hydrogen) atoms. The molecule has 0 fully saturated rings. The third-order valence-corrected chi connectivity index (χ3v) is 4.38. The van der Waals surface area contributed by atoms with E-state index in [2.05, 4.69) is 20.2 Å². The number of amides is 2. The van der Waals surface area contributed by atoms with Crippen LogP contribution in [0, 0.1) is 6.92 Å². The number of hydrogen-bond donors (Lipinski definition) is 0. The molecule has 9 heteroatoms. The van der Waals surface area contributed by atoms with E-state index in [1.807, 2.05) is 12.3 Å². The summed E-state index contributed by atoms with van der Waals surface area (Å²) in [6.45, 7) is 8.68. The molecule has 2 amide bonds. The summed E-state index contributed by atoms with van der Waals surface area (Å²) in [5.74, 6) is -0.406. The molecule has 0 N–H and O–H groups in total. The Morgan fingerprint density at radius 3 is 2.57 bits per heavy atom. The lowest BCUT2D eigenvalue weighted by molar-refractivity contribution is -0.113. The first kappa shape index (κ1) is 17.5. The minimum absolute atomic E-state index is 0.316. The Balaban J connectivity index is 2.11. The monoisotopic (exact) mass is 352 g/mol. The van der Waals surface area contributed by atoms with Crippen LogP contribution in [-0.2, 0) is 9.53 Å². The average molecular weight is 352 g/mol. The molecule has 2 rings (SSSR count). The molecule has 0 radical (unpaired) electrons. The molecule has 0 saturated heterocycles. The molecular weight excluding hydrogens is 336 g/mol. The highest BCUT2D eigenvalue weighted by Crippen LogP contribution is 2.33. The zero-order valence-corrected chi connectivity index (χ0v) is 15.0. The molecule has 0 aliphatic carbocycles. The smallest absolute Gasteiger partial charge is 0.441 e. The van der Waals surface area contributed by atoms with Crippen LogP contribution in [0.25, 0.3) is 0 Å². The second kappa shape index (κ2) is 6.71. The number of aliphatic imine (C=N–C) groups is 1. The van der Waals surface area contributed by atoms with Crippen molar-refractivity contribution in [1.82, 2.24) is 4.98 Å². The van der Waals surface area contributed by atoms with Crippen LogP contribution in [0.3, 0.4) is 0 Å². The second-order valence-corrected chi connectivity index (χ2v) is 7.73. The van der Waals surface area contributed by atoms with Crippen molar-refractivity contribution in [3.8, 4) is 0 Å². The minimum Gasteiger partial charge on any atom is -0.441 e. The Bertz CT molecular complexity index is 741. The Hall–Kier alpha value is -1.87. The summed E-state index contributed by atoms with van der Waals surface area (Å²) in [5, 5.41) is 10.5. The van der Waals surface area contributed by atoms with Gasteiger partial charge in [0.05, 0.1) is 10.7 Å². The number of azo groups is 1. The molecular formula is C14H16N4O3S2. The first-order valence-electron chi connectivity index (χ1n) is 6.74. The van der Waals surface area contributed by atoms with E-state index >= 15 is 0 Å². The summed E-state index contributed by atoms with van der Waals surface area (Å²) >= 11 is 2.66. The molecule has 0 unspecified atom stereocenters. The number of ether oxygens (including phenoxy) is 1. The van der Waals surface area contributed by atoms with Gasteiger partial charge in [0.2, 0.25) is 0 Å². The van der Waals surface area contributed by atoms with Crippen LogP contribution in [0.1, 0.15) is 38.4 Å². The standard InChI is InChI=1S/C14H16N4O3S2/c1-7(17-18-13(20)21-14(3,4)5)10-11(19)16-12(23-10)9-6-22-8(2)15-9/h6H,1-5H3/b10-7-,18-17?. The van der Waals surface area contributed by atoms with E-state index in [1.165, 1.54) is 23.1 Å². The molecule has 2 heterocycles. The number of aryl methyl sites for hydroxylation is 1. The maximum Gasteiger partial charge on any atom is 0.452 e. The van der Waals surface area contributed by atoms with Crippen molar-refractivity contribution in [2.45, 2.75) is 40.2 Å². The van der Waals surface area contributed by atoms with Gasteiger partial charge in [-0.25, -0.2) is 9.78 Å². The number of rotatable bonds is 2. The summed E-state index contributed by atoms with van der Waals surface area (Å²) in [7, 11) is 0. The van der Waals surface area contributed by atoms with E-state index in [0.717, 1.165) is 5.01 Å². The molecule has 1 aromatic rings. The molecule has 7 nitrogen and oxygen atoms in total. The van der Waals surface area contributed by atoms with Crippen LogP contribution in [0.4, 0.5) is 4.79 Å². The van der Waals surface area contributed by atoms with Gasteiger partial charge in [-0.1, -0.05) is 16.9 Å². The van der Waals surface area contributed by atoms with E-state index in [4.69, 9.17) is 4.74 Å². The molecule has 0 atom stereocenters. The lowest BCUT2D eigenvalue weighted by Gasteiger charge is -2.16. The number of thiazole rings is 1.